The van der Waals surface area contributed by atoms with E-state index in [2.05, 4.69) is 17.4 Å². The number of benzene rings is 1. The van der Waals surface area contributed by atoms with Crippen molar-refractivity contribution < 1.29 is 23.8 Å². The molecule has 0 unspecified atom stereocenters. The summed E-state index contributed by atoms with van der Waals surface area (Å²) in [6.07, 6.45) is 0. The molecule has 80 valence electrons. The average molecular weight is 229 g/mol. The van der Waals surface area contributed by atoms with Crippen LogP contribution in [0.3, 0.4) is 0 Å². The van der Waals surface area contributed by atoms with Crippen LogP contribution in [0.25, 0.3) is 0 Å². The molecule has 0 saturated heterocycles. The summed E-state index contributed by atoms with van der Waals surface area (Å²) in [5.41, 5.74) is -0.509. The highest BCUT2D eigenvalue weighted by atomic mass is 32.1. The molecule has 1 aromatic rings. The zero-order valence-electron chi connectivity index (χ0n) is 7.40. The summed E-state index contributed by atoms with van der Waals surface area (Å²) in [5, 5.41) is 10.6. The largest absolute Gasteiger partial charge is 0.545 e. The van der Waals surface area contributed by atoms with E-state index in [1.165, 1.54) is 0 Å². The summed E-state index contributed by atoms with van der Waals surface area (Å²) >= 11 is 3.64. The van der Waals surface area contributed by atoms with Gasteiger partial charge < -0.3 is 14.6 Å². The average Bonchev–Trinajstić information content (AvgIpc) is 2.20. The fraction of sp³-hybridized carbons (Fsp3) is 0.111. The Morgan fingerprint density at radius 3 is 2.67 bits per heavy atom. The summed E-state index contributed by atoms with van der Waals surface area (Å²) < 4.78 is 17.3. The molecule has 0 saturated carbocycles. The molecule has 1 rings (SSSR count). The molecule has 0 amide bonds. The van der Waals surface area contributed by atoms with Gasteiger partial charge in [0.2, 0.25) is 0 Å². The molecule has 0 atom stereocenters. The summed E-state index contributed by atoms with van der Waals surface area (Å²) in [6.45, 7) is 0. The SMILES string of the molecule is O=C(CS)Oc1ccc(F)cc1C(=O)[O-]. The van der Waals surface area contributed by atoms with Crippen molar-refractivity contribution in [1.82, 2.24) is 0 Å². The topological polar surface area (TPSA) is 66.4 Å². The van der Waals surface area contributed by atoms with E-state index in [1.54, 1.807) is 0 Å². The highest BCUT2D eigenvalue weighted by Crippen LogP contribution is 2.19. The van der Waals surface area contributed by atoms with Gasteiger partial charge in [-0.3, -0.25) is 4.79 Å². The molecule has 0 spiro atoms. The van der Waals surface area contributed by atoms with Crippen LogP contribution in [0.2, 0.25) is 0 Å². The van der Waals surface area contributed by atoms with Gasteiger partial charge in [-0.15, -0.1) is 0 Å². The molecule has 15 heavy (non-hydrogen) atoms. The number of rotatable bonds is 3. The lowest BCUT2D eigenvalue weighted by molar-refractivity contribution is -0.255. The third-order valence-corrected chi connectivity index (χ3v) is 1.77. The Bertz CT molecular complexity index is 405. The second-order valence-corrected chi connectivity index (χ2v) is 2.88. The monoisotopic (exact) mass is 229 g/mol. The Balaban J connectivity index is 3.06. The van der Waals surface area contributed by atoms with Gasteiger partial charge in [-0.05, 0) is 18.2 Å². The predicted molar refractivity (Wildman–Crippen MR) is 50.2 cm³/mol. The number of carbonyl (C=O) groups is 2. The standard InChI is InChI=1S/C9H7FO4S/c10-5-1-2-7(14-8(11)4-15)6(3-5)9(12)13/h1-3,15H,4H2,(H,12,13)/p-1. The summed E-state index contributed by atoms with van der Waals surface area (Å²) in [4.78, 5) is 21.4. The maximum Gasteiger partial charge on any atom is 0.321 e. The number of carbonyl (C=O) groups excluding carboxylic acids is 2. The molecule has 0 fully saturated rings. The van der Waals surface area contributed by atoms with Gasteiger partial charge in [-0.1, -0.05) is 0 Å². The van der Waals surface area contributed by atoms with E-state index < -0.39 is 23.3 Å². The highest BCUT2D eigenvalue weighted by molar-refractivity contribution is 7.81. The molecular formula is C9H6FO4S-. The van der Waals surface area contributed by atoms with Crippen LogP contribution in [0.4, 0.5) is 4.39 Å². The molecule has 6 heteroatoms. The van der Waals surface area contributed by atoms with Crippen LogP contribution in [-0.2, 0) is 4.79 Å². The second-order valence-electron chi connectivity index (χ2n) is 2.56. The number of carboxylic acid groups (broad SMARTS) is 1. The van der Waals surface area contributed by atoms with E-state index in [0.717, 1.165) is 18.2 Å². The van der Waals surface area contributed by atoms with Crippen molar-refractivity contribution >= 4 is 24.6 Å². The molecule has 0 aliphatic carbocycles. The van der Waals surface area contributed by atoms with Gasteiger partial charge >= 0.3 is 5.97 Å². The lowest BCUT2D eigenvalue weighted by atomic mass is 10.2. The van der Waals surface area contributed by atoms with Gasteiger partial charge in [0, 0.05) is 5.56 Å². The molecule has 0 aromatic heterocycles. The minimum atomic E-state index is -1.61. The fourth-order valence-electron chi connectivity index (χ4n) is 0.906. The Morgan fingerprint density at radius 2 is 2.13 bits per heavy atom. The molecule has 4 nitrogen and oxygen atoms in total. The van der Waals surface area contributed by atoms with Crippen LogP contribution in [0.1, 0.15) is 10.4 Å². The predicted octanol–water partition coefficient (Wildman–Crippen LogP) is 0.0244. The number of carboxylic acids is 1. The molecule has 0 N–H and O–H groups in total. The Kier molecular flexibility index (Phi) is 3.68. The van der Waals surface area contributed by atoms with E-state index >= 15 is 0 Å². The van der Waals surface area contributed by atoms with Gasteiger partial charge in [0.1, 0.15) is 11.6 Å². The quantitative estimate of drug-likeness (QED) is 0.451. The van der Waals surface area contributed by atoms with Gasteiger partial charge in [0.25, 0.3) is 0 Å². The van der Waals surface area contributed by atoms with Crippen LogP contribution in [0.15, 0.2) is 18.2 Å². The Morgan fingerprint density at radius 1 is 1.47 bits per heavy atom. The van der Waals surface area contributed by atoms with E-state index in [4.69, 9.17) is 0 Å². The first-order chi connectivity index (χ1) is 7.04. The number of esters is 1. The van der Waals surface area contributed by atoms with Gasteiger partial charge in [0.15, 0.2) is 0 Å². The minimum Gasteiger partial charge on any atom is -0.545 e. The van der Waals surface area contributed by atoms with Crippen LogP contribution in [0, 0.1) is 5.82 Å². The van der Waals surface area contributed by atoms with Gasteiger partial charge in [-0.2, -0.15) is 12.6 Å². The lowest BCUT2D eigenvalue weighted by Gasteiger charge is -2.09. The molecule has 0 bridgehead atoms. The highest BCUT2D eigenvalue weighted by Gasteiger charge is 2.09. The first-order valence-electron chi connectivity index (χ1n) is 3.87. The minimum absolute atomic E-state index is 0.204. The molecule has 0 aliphatic rings. The summed E-state index contributed by atoms with van der Waals surface area (Å²) in [6, 6.07) is 2.74. The van der Waals surface area contributed by atoms with E-state index in [0.29, 0.717) is 0 Å². The van der Waals surface area contributed by atoms with Gasteiger partial charge in [-0.25, -0.2) is 4.39 Å². The van der Waals surface area contributed by atoms with E-state index in [9.17, 15) is 19.1 Å². The number of ether oxygens (including phenoxy) is 1. The Hall–Kier alpha value is -1.56. The van der Waals surface area contributed by atoms with Crippen LogP contribution in [-0.4, -0.2) is 17.7 Å². The van der Waals surface area contributed by atoms with Crippen molar-refractivity contribution in [3.05, 3.63) is 29.6 Å². The normalized spacial score (nSPS) is 9.73. The van der Waals surface area contributed by atoms with Crippen LogP contribution in [0.5, 0.6) is 5.75 Å². The van der Waals surface area contributed by atoms with Crippen molar-refractivity contribution in [2.45, 2.75) is 0 Å². The van der Waals surface area contributed by atoms with Crippen molar-refractivity contribution in [3.8, 4) is 5.75 Å². The zero-order chi connectivity index (χ0) is 11.4. The number of thiol groups is 1. The molecule has 0 heterocycles. The maximum atomic E-state index is 12.7. The van der Waals surface area contributed by atoms with Crippen molar-refractivity contribution in [3.63, 3.8) is 0 Å². The van der Waals surface area contributed by atoms with E-state index in [1.807, 2.05) is 0 Å². The lowest BCUT2D eigenvalue weighted by Crippen LogP contribution is -2.24. The van der Waals surface area contributed by atoms with Crippen LogP contribution < -0.4 is 9.84 Å². The van der Waals surface area contributed by atoms with E-state index in [-0.39, 0.29) is 11.5 Å². The van der Waals surface area contributed by atoms with Gasteiger partial charge in [0.05, 0.1) is 11.7 Å². The summed E-state index contributed by atoms with van der Waals surface area (Å²) in [5.74, 6) is -3.55. The number of hydrogen-bond donors (Lipinski definition) is 1. The number of hydrogen-bond acceptors (Lipinski definition) is 5. The van der Waals surface area contributed by atoms with Crippen molar-refractivity contribution in [1.29, 1.82) is 0 Å². The molecule has 1 aromatic carbocycles. The first kappa shape index (κ1) is 11.5. The maximum absolute atomic E-state index is 12.7. The first-order valence-corrected chi connectivity index (χ1v) is 4.50. The fourth-order valence-corrected chi connectivity index (χ4v) is 0.970. The third kappa shape index (κ3) is 2.95. The third-order valence-electron chi connectivity index (χ3n) is 1.51. The molecule has 0 radical (unpaired) electrons. The smallest absolute Gasteiger partial charge is 0.321 e. The number of halogens is 1. The number of aromatic carboxylic acids is 1. The van der Waals surface area contributed by atoms with Crippen LogP contribution >= 0.6 is 12.6 Å². The zero-order valence-corrected chi connectivity index (χ0v) is 8.29. The molecule has 0 aliphatic heterocycles. The summed E-state index contributed by atoms with van der Waals surface area (Å²) in [7, 11) is 0. The molecular weight excluding hydrogens is 223 g/mol. The second kappa shape index (κ2) is 4.79. The van der Waals surface area contributed by atoms with Crippen molar-refractivity contribution in [2.24, 2.45) is 0 Å². The Labute approximate surface area is 90.1 Å². The van der Waals surface area contributed by atoms with Crippen molar-refractivity contribution in [2.75, 3.05) is 5.75 Å².